The highest BCUT2D eigenvalue weighted by molar-refractivity contribution is 6.33. The van der Waals surface area contributed by atoms with Crippen LogP contribution in [-0.4, -0.2) is 31.4 Å². The van der Waals surface area contributed by atoms with Gasteiger partial charge in [0, 0.05) is 18.2 Å². The first-order valence-corrected chi connectivity index (χ1v) is 9.89. The number of nitrogens with zero attached hydrogens (tertiary/aromatic N) is 4. The van der Waals surface area contributed by atoms with Gasteiger partial charge in [0.25, 0.3) is 0 Å². The van der Waals surface area contributed by atoms with E-state index in [1.807, 2.05) is 40.9 Å². The number of aromatic nitrogens is 5. The van der Waals surface area contributed by atoms with E-state index in [-0.39, 0.29) is 0 Å². The lowest BCUT2D eigenvalue weighted by Crippen LogP contribution is -1.96. The molecule has 0 aliphatic rings. The van der Waals surface area contributed by atoms with Crippen molar-refractivity contribution in [3.05, 3.63) is 70.4 Å². The highest BCUT2D eigenvalue weighted by atomic mass is 35.5. The van der Waals surface area contributed by atoms with Crippen molar-refractivity contribution in [1.29, 1.82) is 0 Å². The molecule has 0 spiro atoms. The van der Waals surface area contributed by atoms with E-state index in [1.54, 1.807) is 19.2 Å². The number of nitrogens with two attached hydrogens (primary N) is 1. The predicted molar refractivity (Wildman–Crippen MR) is 118 cm³/mol. The SMILES string of the molecule is COc1ccc(-c2ccc(N)c3nc(Cc4nc5nc(Cl)ccc5[nH]4)cn23)c(Cl)c1. The minimum Gasteiger partial charge on any atom is -0.497 e. The van der Waals surface area contributed by atoms with Gasteiger partial charge in [0.1, 0.15) is 16.7 Å². The van der Waals surface area contributed by atoms with E-state index in [9.17, 15) is 0 Å². The second-order valence-corrected chi connectivity index (χ2v) is 7.61. The third-order valence-corrected chi connectivity index (χ3v) is 5.38. The van der Waals surface area contributed by atoms with Crippen LogP contribution in [0.5, 0.6) is 5.75 Å². The van der Waals surface area contributed by atoms with Crippen molar-refractivity contribution in [2.45, 2.75) is 6.42 Å². The Hall–Kier alpha value is -3.29. The fraction of sp³-hybridized carbons (Fsp3) is 0.0952. The molecule has 0 aliphatic heterocycles. The quantitative estimate of drug-likeness (QED) is 0.394. The third kappa shape index (κ3) is 3.22. The van der Waals surface area contributed by atoms with Crippen molar-refractivity contribution in [3.8, 4) is 17.0 Å². The number of nitrogen functional groups attached to an aromatic ring is 1. The third-order valence-electron chi connectivity index (χ3n) is 4.86. The number of H-pyrrole nitrogens is 1. The molecule has 0 fully saturated rings. The van der Waals surface area contributed by atoms with Crippen molar-refractivity contribution >= 4 is 45.7 Å². The molecule has 7 nitrogen and oxygen atoms in total. The molecule has 4 aromatic heterocycles. The van der Waals surface area contributed by atoms with Gasteiger partial charge in [-0.05, 0) is 42.5 Å². The number of rotatable bonds is 4. The average molecular weight is 439 g/mol. The zero-order chi connectivity index (χ0) is 20.8. The van der Waals surface area contributed by atoms with Crippen LogP contribution < -0.4 is 10.5 Å². The second kappa shape index (κ2) is 7.19. The molecule has 0 atom stereocenters. The Morgan fingerprint density at radius 2 is 1.93 bits per heavy atom. The highest BCUT2D eigenvalue weighted by Crippen LogP contribution is 2.33. The molecule has 0 radical (unpaired) electrons. The number of aromatic amines is 1. The van der Waals surface area contributed by atoms with Gasteiger partial charge in [0.15, 0.2) is 11.3 Å². The van der Waals surface area contributed by atoms with Crippen LogP contribution in [0.1, 0.15) is 11.5 Å². The number of fused-ring (bicyclic) bond motifs is 2. The fourth-order valence-electron chi connectivity index (χ4n) is 3.45. The lowest BCUT2D eigenvalue weighted by atomic mass is 10.1. The number of halogens is 2. The fourth-order valence-corrected chi connectivity index (χ4v) is 3.86. The molecule has 0 aliphatic carbocycles. The first kappa shape index (κ1) is 18.7. The van der Waals surface area contributed by atoms with Gasteiger partial charge < -0.3 is 15.5 Å². The molecule has 3 N–H and O–H groups in total. The summed E-state index contributed by atoms with van der Waals surface area (Å²) in [5.74, 6) is 1.44. The number of methoxy groups -OCH3 is 1. The minimum absolute atomic E-state index is 0.405. The Labute approximate surface area is 181 Å². The van der Waals surface area contributed by atoms with Crippen LogP contribution in [0.3, 0.4) is 0 Å². The Kier molecular flexibility index (Phi) is 4.49. The molecule has 5 rings (SSSR count). The number of imidazole rings is 2. The molecule has 0 saturated carbocycles. The molecule has 0 amide bonds. The number of anilines is 1. The Morgan fingerprint density at radius 1 is 1.07 bits per heavy atom. The Morgan fingerprint density at radius 3 is 2.73 bits per heavy atom. The first-order valence-electron chi connectivity index (χ1n) is 9.13. The van der Waals surface area contributed by atoms with Gasteiger partial charge in [-0.1, -0.05) is 23.2 Å². The van der Waals surface area contributed by atoms with Gasteiger partial charge in [-0.25, -0.2) is 15.0 Å². The summed E-state index contributed by atoms with van der Waals surface area (Å²) in [6.45, 7) is 0. The monoisotopic (exact) mass is 438 g/mol. The minimum atomic E-state index is 0.405. The number of nitrogens with one attached hydrogen (secondary N) is 1. The van der Waals surface area contributed by atoms with Crippen molar-refractivity contribution in [2.75, 3.05) is 12.8 Å². The molecule has 0 saturated heterocycles. The van der Waals surface area contributed by atoms with Gasteiger partial charge in [-0.15, -0.1) is 0 Å². The Balaban J connectivity index is 1.58. The van der Waals surface area contributed by atoms with E-state index in [0.717, 1.165) is 28.3 Å². The van der Waals surface area contributed by atoms with Gasteiger partial charge in [0.05, 0.1) is 34.7 Å². The van der Waals surface area contributed by atoms with Crippen LogP contribution in [0.25, 0.3) is 28.1 Å². The van der Waals surface area contributed by atoms with E-state index < -0.39 is 0 Å². The lowest BCUT2D eigenvalue weighted by Gasteiger charge is -2.10. The standard InChI is InChI=1S/C21H16Cl2N6O/c1-30-12-2-3-13(14(22)9-12)17-6-4-15(24)21-25-11(10-29(17)21)8-19-26-16-5-7-18(23)27-20(16)28-19/h2-7,9-10H,8,24H2,1H3,(H,26,27,28). The Bertz CT molecular complexity index is 1410. The van der Waals surface area contributed by atoms with Crippen LogP contribution in [0.15, 0.2) is 48.7 Å². The van der Waals surface area contributed by atoms with E-state index in [4.69, 9.17) is 38.7 Å². The van der Waals surface area contributed by atoms with Crippen LogP contribution in [0.4, 0.5) is 5.69 Å². The first-order chi connectivity index (χ1) is 14.5. The number of benzene rings is 1. The van der Waals surface area contributed by atoms with Gasteiger partial charge in [-0.3, -0.25) is 4.40 Å². The number of ether oxygens (including phenoxy) is 1. The summed E-state index contributed by atoms with van der Waals surface area (Å²) < 4.78 is 7.19. The largest absolute Gasteiger partial charge is 0.497 e. The van der Waals surface area contributed by atoms with E-state index in [1.165, 1.54) is 0 Å². The number of pyridine rings is 2. The van der Waals surface area contributed by atoms with Crippen LogP contribution in [0, 0.1) is 0 Å². The predicted octanol–water partition coefficient (Wildman–Crippen LogP) is 4.76. The molecule has 4 heterocycles. The zero-order valence-corrected chi connectivity index (χ0v) is 17.4. The van der Waals surface area contributed by atoms with Crippen LogP contribution in [-0.2, 0) is 6.42 Å². The summed E-state index contributed by atoms with van der Waals surface area (Å²) in [6.07, 6.45) is 2.43. The molecule has 30 heavy (non-hydrogen) atoms. The summed E-state index contributed by atoms with van der Waals surface area (Å²) >= 11 is 12.5. The van der Waals surface area contributed by atoms with E-state index in [2.05, 4.69) is 15.0 Å². The molecule has 5 aromatic rings. The summed E-state index contributed by atoms with van der Waals surface area (Å²) in [7, 11) is 1.61. The molecule has 0 bridgehead atoms. The van der Waals surface area contributed by atoms with Crippen molar-refractivity contribution in [1.82, 2.24) is 24.3 Å². The van der Waals surface area contributed by atoms with Crippen molar-refractivity contribution in [3.63, 3.8) is 0 Å². The molecular weight excluding hydrogens is 423 g/mol. The van der Waals surface area contributed by atoms with Crippen molar-refractivity contribution < 1.29 is 4.74 Å². The van der Waals surface area contributed by atoms with Crippen molar-refractivity contribution in [2.24, 2.45) is 0 Å². The number of hydrogen-bond acceptors (Lipinski definition) is 5. The van der Waals surface area contributed by atoms with Gasteiger partial charge in [0.2, 0.25) is 0 Å². The van der Waals surface area contributed by atoms with E-state index in [0.29, 0.717) is 39.3 Å². The van der Waals surface area contributed by atoms with Gasteiger partial charge >= 0.3 is 0 Å². The maximum absolute atomic E-state index is 6.50. The number of hydrogen-bond donors (Lipinski definition) is 2. The average Bonchev–Trinajstić information content (AvgIpc) is 3.32. The van der Waals surface area contributed by atoms with Crippen LogP contribution in [0.2, 0.25) is 10.2 Å². The smallest absolute Gasteiger partial charge is 0.179 e. The topological polar surface area (TPSA) is 94.1 Å². The van der Waals surface area contributed by atoms with E-state index >= 15 is 0 Å². The van der Waals surface area contributed by atoms with Crippen LogP contribution >= 0.6 is 23.2 Å². The summed E-state index contributed by atoms with van der Waals surface area (Å²) in [6, 6.07) is 12.9. The lowest BCUT2D eigenvalue weighted by molar-refractivity contribution is 0.415. The summed E-state index contributed by atoms with van der Waals surface area (Å²) in [5, 5.41) is 0.984. The van der Waals surface area contributed by atoms with Gasteiger partial charge in [-0.2, -0.15) is 0 Å². The normalized spacial score (nSPS) is 11.4. The maximum Gasteiger partial charge on any atom is 0.179 e. The molecule has 9 heteroatoms. The molecule has 1 aromatic carbocycles. The maximum atomic E-state index is 6.50. The summed E-state index contributed by atoms with van der Waals surface area (Å²) in [5.41, 5.74) is 11.4. The summed E-state index contributed by atoms with van der Waals surface area (Å²) in [4.78, 5) is 16.7. The zero-order valence-electron chi connectivity index (χ0n) is 15.9. The second-order valence-electron chi connectivity index (χ2n) is 6.81. The molecule has 150 valence electrons. The molecular formula is C21H16Cl2N6O. The molecule has 0 unspecified atom stereocenters. The highest BCUT2D eigenvalue weighted by Gasteiger charge is 2.14.